The van der Waals surface area contributed by atoms with E-state index in [0.717, 1.165) is 40.8 Å². The average molecular weight is 478 g/mol. The Morgan fingerprint density at radius 3 is 2.79 bits per heavy atom. The lowest BCUT2D eigenvalue weighted by Crippen LogP contribution is -2.40. The molecule has 1 aliphatic heterocycles. The van der Waals surface area contributed by atoms with Crippen molar-refractivity contribution in [2.45, 2.75) is 31.9 Å². The van der Waals surface area contributed by atoms with Crippen molar-refractivity contribution >= 4 is 28.5 Å². The van der Waals surface area contributed by atoms with Crippen LogP contribution in [0.4, 0.5) is 0 Å². The number of nitrogens with zero attached hydrogens (tertiary/aromatic N) is 6. The molecule has 0 bridgehead atoms. The molecule has 1 saturated carbocycles. The number of aromatic nitrogens is 5. The molecule has 34 heavy (non-hydrogen) atoms. The second kappa shape index (κ2) is 8.11. The summed E-state index contributed by atoms with van der Waals surface area (Å²) in [5.74, 6) is 1.49. The number of aryl methyl sites for hydroxylation is 2. The van der Waals surface area contributed by atoms with Gasteiger partial charge in [-0.25, -0.2) is 20.4 Å². The molecule has 0 saturated heterocycles. The van der Waals surface area contributed by atoms with Gasteiger partial charge in [-0.3, -0.25) is 9.83 Å². The number of nitrogens with one attached hydrogen (secondary N) is 1. The molecule has 10 heteroatoms. The number of rotatable bonds is 5. The molecule has 2 aliphatic rings. The predicted molar refractivity (Wildman–Crippen MR) is 128 cm³/mol. The quantitative estimate of drug-likeness (QED) is 0.468. The van der Waals surface area contributed by atoms with Crippen LogP contribution in [0.2, 0.25) is 5.02 Å². The summed E-state index contributed by atoms with van der Waals surface area (Å²) < 4.78 is 9.48. The zero-order valence-corrected chi connectivity index (χ0v) is 19.8. The molecule has 1 N–H and O–H groups in total. The van der Waals surface area contributed by atoms with Gasteiger partial charge in [0.15, 0.2) is 5.84 Å². The van der Waals surface area contributed by atoms with Crippen molar-refractivity contribution in [3.8, 4) is 11.6 Å². The van der Waals surface area contributed by atoms with Gasteiger partial charge >= 0.3 is 0 Å². The van der Waals surface area contributed by atoms with Gasteiger partial charge in [0.2, 0.25) is 5.88 Å². The summed E-state index contributed by atoms with van der Waals surface area (Å²) >= 11 is 6.29. The summed E-state index contributed by atoms with van der Waals surface area (Å²) in [4.78, 5) is 24.8. The molecule has 6 rings (SSSR count). The Morgan fingerprint density at radius 2 is 2.06 bits per heavy atom. The van der Waals surface area contributed by atoms with Crippen LogP contribution in [-0.4, -0.2) is 43.1 Å². The molecule has 4 aromatic heterocycles. The summed E-state index contributed by atoms with van der Waals surface area (Å²) in [7, 11) is 3.58. The molecular formula is C24H24ClN7O2. The third-order valence-electron chi connectivity index (χ3n) is 6.35. The van der Waals surface area contributed by atoms with Crippen molar-refractivity contribution in [2.24, 2.45) is 18.0 Å². The fourth-order valence-electron chi connectivity index (χ4n) is 4.54. The van der Waals surface area contributed by atoms with Gasteiger partial charge in [-0.1, -0.05) is 11.6 Å². The van der Waals surface area contributed by atoms with Gasteiger partial charge in [-0.2, -0.15) is 0 Å². The van der Waals surface area contributed by atoms with E-state index >= 15 is 0 Å². The van der Waals surface area contributed by atoms with Gasteiger partial charge in [-0.05, 0) is 43.9 Å². The van der Waals surface area contributed by atoms with Crippen molar-refractivity contribution in [3.05, 3.63) is 65.1 Å². The zero-order chi connectivity index (χ0) is 23.4. The van der Waals surface area contributed by atoms with Crippen LogP contribution in [-0.2, 0) is 11.9 Å². The summed E-state index contributed by atoms with van der Waals surface area (Å²) in [6.07, 6.45) is 9.58. The van der Waals surface area contributed by atoms with E-state index in [1.165, 1.54) is 0 Å². The molecule has 9 nitrogen and oxygen atoms in total. The number of hydrogen-bond acceptors (Lipinski definition) is 7. The van der Waals surface area contributed by atoms with E-state index in [4.69, 9.17) is 31.2 Å². The maximum atomic E-state index is 6.29. The van der Waals surface area contributed by atoms with Crippen molar-refractivity contribution < 1.29 is 9.57 Å². The molecule has 174 valence electrons. The highest BCUT2D eigenvalue weighted by Gasteiger charge is 2.42. The number of hydrogen-bond donors (Lipinski definition) is 1. The SMILES string of the molecule is COc1nc(C2=N[C@@H](c3cn(C)c4ncc(Cl)cc34)[C@@H](C3CC3)ON2)ccc1-n1cnc(C)c1. The van der Waals surface area contributed by atoms with Crippen molar-refractivity contribution in [1.82, 2.24) is 29.6 Å². The molecular weight excluding hydrogens is 454 g/mol. The first-order chi connectivity index (χ1) is 16.5. The normalized spacial score (nSPS) is 20.3. The van der Waals surface area contributed by atoms with E-state index < -0.39 is 0 Å². The van der Waals surface area contributed by atoms with E-state index in [1.54, 1.807) is 19.6 Å². The van der Waals surface area contributed by atoms with Crippen molar-refractivity contribution in [3.63, 3.8) is 0 Å². The first-order valence-electron chi connectivity index (χ1n) is 11.2. The van der Waals surface area contributed by atoms with E-state index in [-0.39, 0.29) is 12.1 Å². The Hall–Kier alpha value is -3.43. The maximum absolute atomic E-state index is 6.29. The van der Waals surface area contributed by atoms with E-state index in [1.807, 2.05) is 47.5 Å². The standard InChI is InChI=1S/C24H24ClN7O2/c1-13-10-32(12-27-13)19-7-6-18(28-24(19)33-3)22-29-20(21(34-30-22)14-4-5-14)17-11-31(2)23-16(17)8-15(25)9-26-23/h6-12,14,20-21H,4-5H2,1-3H3,(H,29,30)/t20-,21+/m0/s1. The second-order valence-corrected chi connectivity index (χ2v) is 9.25. The zero-order valence-electron chi connectivity index (χ0n) is 19.1. The van der Waals surface area contributed by atoms with Gasteiger partial charge in [0, 0.05) is 36.6 Å². The fourth-order valence-corrected chi connectivity index (χ4v) is 4.69. The van der Waals surface area contributed by atoms with Crippen LogP contribution in [0, 0.1) is 12.8 Å². The van der Waals surface area contributed by atoms with Gasteiger partial charge in [0.1, 0.15) is 29.2 Å². The Labute approximate surface area is 201 Å². The summed E-state index contributed by atoms with van der Waals surface area (Å²) in [6.45, 7) is 1.94. The van der Waals surface area contributed by atoms with Gasteiger partial charge < -0.3 is 13.9 Å². The molecule has 1 fully saturated rings. The van der Waals surface area contributed by atoms with Gasteiger partial charge in [0.05, 0.1) is 24.2 Å². The number of amidine groups is 1. The minimum atomic E-state index is -0.212. The third kappa shape index (κ3) is 3.61. The molecule has 4 aromatic rings. The number of aliphatic imine (C=N–C) groups is 1. The van der Waals surface area contributed by atoms with Crippen LogP contribution in [0.1, 0.15) is 35.8 Å². The lowest BCUT2D eigenvalue weighted by Gasteiger charge is -2.30. The van der Waals surface area contributed by atoms with Crippen LogP contribution in [0.3, 0.4) is 0 Å². The molecule has 0 aromatic carbocycles. The Balaban J connectivity index is 1.43. The average Bonchev–Trinajstić information content (AvgIpc) is 3.53. The van der Waals surface area contributed by atoms with Crippen LogP contribution >= 0.6 is 11.6 Å². The minimum Gasteiger partial charge on any atom is -0.479 e. The first kappa shape index (κ1) is 21.1. The van der Waals surface area contributed by atoms with Crippen LogP contribution in [0.15, 0.2) is 48.1 Å². The molecule has 0 unspecified atom stereocenters. The number of halogens is 1. The molecule has 2 atom stereocenters. The second-order valence-electron chi connectivity index (χ2n) is 8.81. The number of imidazole rings is 1. The Bertz CT molecular complexity index is 1420. The first-order valence-corrected chi connectivity index (χ1v) is 11.6. The highest BCUT2D eigenvalue weighted by atomic mass is 35.5. The smallest absolute Gasteiger partial charge is 0.238 e. The van der Waals surface area contributed by atoms with Crippen molar-refractivity contribution in [1.29, 1.82) is 0 Å². The fraction of sp³-hybridized carbons (Fsp3) is 0.333. The highest BCUT2D eigenvalue weighted by Crippen LogP contribution is 2.44. The monoisotopic (exact) mass is 477 g/mol. The van der Waals surface area contributed by atoms with Gasteiger partial charge in [-0.15, -0.1) is 0 Å². The van der Waals surface area contributed by atoms with Crippen LogP contribution in [0.5, 0.6) is 5.88 Å². The number of methoxy groups -OCH3 is 1. The minimum absolute atomic E-state index is 0.0802. The van der Waals surface area contributed by atoms with E-state index in [0.29, 0.717) is 28.4 Å². The lowest BCUT2D eigenvalue weighted by atomic mass is 9.98. The molecule has 0 spiro atoms. The lowest BCUT2D eigenvalue weighted by molar-refractivity contribution is -0.0290. The maximum Gasteiger partial charge on any atom is 0.238 e. The highest BCUT2D eigenvalue weighted by molar-refractivity contribution is 6.31. The van der Waals surface area contributed by atoms with Crippen molar-refractivity contribution in [2.75, 3.05) is 7.11 Å². The molecule has 1 aliphatic carbocycles. The molecule has 5 heterocycles. The summed E-state index contributed by atoms with van der Waals surface area (Å²) in [6, 6.07) is 5.58. The Morgan fingerprint density at radius 1 is 1.21 bits per heavy atom. The summed E-state index contributed by atoms with van der Waals surface area (Å²) in [5.41, 5.74) is 7.30. The van der Waals surface area contributed by atoms with E-state index in [9.17, 15) is 0 Å². The predicted octanol–water partition coefficient (Wildman–Crippen LogP) is 3.93. The topological polar surface area (TPSA) is 91.4 Å². The Kier molecular flexibility index (Phi) is 5.04. The van der Waals surface area contributed by atoms with E-state index in [2.05, 4.69) is 21.6 Å². The number of hydroxylamine groups is 1. The number of ether oxygens (including phenoxy) is 1. The number of pyridine rings is 2. The summed E-state index contributed by atoms with van der Waals surface area (Å²) in [5, 5.41) is 1.58. The van der Waals surface area contributed by atoms with Gasteiger partial charge in [0.25, 0.3) is 0 Å². The number of fused-ring (bicyclic) bond motifs is 1. The third-order valence-corrected chi connectivity index (χ3v) is 6.56. The van der Waals surface area contributed by atoms with Crippen LogP contribution < -0.4 is 10.2 Å². The molecule has 0 amide bonds. The largest absolute Gasteiger partial charge is 0.479 e. The van der Waals surface area contributed by atoms with Crippen LogP contribution in [0.25, 0.3) is 16.7 Å². The molecule has 0 radical (unpaired) electrons.